The molecule has 0 fully saturated rings. The van der Waals surface area contributed by atoms with E-state index in [0.717, 1.165) is 12.1 Å². The highest BCUT2D eigenvalue weighted by molar-refractivity contribution is 5.92. The minimum absolute atomic E-state index is 0.0508. The van der Waals surface area contributed by atoms with Crippen LogP contribution in [0.5, 0.6) is 5.75 Å². The molecule has 4 nitrogen and oxygen atoms in total. The van der Waals surface area contributed by atoms with Crippen LogP contribution in [0.4, 0.5) is 8.78 Å². The number of hydrogen-bond acceptors (Lipinski definition) is 3. The molecule has 0 saturated heterocycles. The van der Waals surface area contributed by atoms with Crippen molar-refractivity contribution in [2.75, 3.05) is 6.61 Å². The first-order valence-electron chi connectivity index (χ1n) is 6.13. The van der Waals surface area contributed by atoms with Crippen LogP contribution in [0, 0.1) is 11.6 Å². The standard InChI is InChI=1S/C15H13F2NO3/c16-10-3-6-12(13(17)7-10)14(19)8-21-11-4-1-9(2-5-11)15(18)20/h1-7,14,19H,8H2,(H2,18,20). The smallest absolute Gasteiger partial charge is 0.248 e. The van der Waals surface area contributed by atoms with Gasteiger partial charge in [-0.3, -0.25) is 4.79 Å². The zero-order valence-electron chi connectivity index (χ0n) is 10.9. The Morgan fingerprint density at radius 2 is 1.86 bits per heavy atom. The van der Waals surface area contributed by atoms with Gasteiger partial charge < -0.3 is 15.6 Å². The number of rotatable bonds is 5. The Balaban J connectivity index is 2.00. The van der Waals surface area contributed by atoms with Crippen LogP contribution in [0.2, 0.25) is 0 Å². The van der Waals surface area contributed by atoms with Gasteiger partial charge in [0, 0.05) is 17.2 Å². The summed E-state index contributed by atoms with van der Waals surface area (Å²) in [5.41, 5.74) is 5.37. The third-order valence-electron chi connectivity index (χ3n) is 2.87. The fourth-order valence-electron chi connectivity index (χ4n) is 1.75. The van der Waals surface area contributed by atoms with Crippen LogP contribution in [0.25, 0.3) is 0 Å². The SMILES string of the molecule is NC(=O)c1ccc(OCC(O)c2ccc(F)cc2F)cc1. The Bertz CT molecular complexity index is 644. The Morgan fingerprint density at radius 1 is 1.19 bits per heavy atom. The molecular weight excluding hydrogens is 280 g/mol. The third kappa shape index (κ3) is 3.76. The number of carbonyl (C=O) groups is 1. The van der Waals surface area contributed by atoms with E-state index in [9.17, 15) is 18.7 Å². The molecule has 0 aliphatic rings. The molecule has 1 amide bonds. The number of amides is 1. The maximum atomic E-state index is 13.5. The molecule has 2 aromatic rings. The quantitative estimate of drug-likeness (QED) is 0.887. The lowest BCUT2D eigenvalue weighted by atomic mass is 10.1. The second-order valence-electron chi connectivity index (χ2n) is 4.38. The van der Waals surface area contributed by atoms with Crippen LogP contribution in [-0.4, -0.2) is 17.6 Å². The third-order valence-corrected chi connectivity index (χ3v) is 2.87. The van der Waals surface area contributed by atoms with E-state index in [4.69, 9.17) is 10.5 Å². The van der Waals surface area contributed by atoms with E-state index in [1.807, 2.05) is 0 Å². The van der Waals surface area contributed by atoms with E-state index >= 15 is 0 Å². The van der Waals surface area contributed by atoms with Crippen molar-refractivity contribution < 1.29 is 23.4 Å². The highest BCUT2D eigenvalue weighted by Crippen LogP contribution is 2.20. The van der Waals surface area contributed by atoms with Gasteiger partial charge in [0.05, 0.1) is 0 Å². The van der Waals surface area contributed by atoms with Crippen molar-refractivity contribution in [1.29, 1.82) is 0 Å². The fourth-order valence-corrected chi connectivity index (χ4v) is 1.75. The molecule has 3 N–H and O–H groups in total. The molecule has 1 atom stereocenters. The average molecular weight is 293 g/mol. The number of halogens is 2. The molecule has 6 heteroatoms. The first-order chi connectivity index (χ1) is 9.97. The summed E-state index contributed by atoms with van der Waals surface area (Å²) in [6.07, 6.45) is -1.23. The highest BCUT2D eigenvalue weighted by atomic mass is 19.1. The van der Waals surface area contributed by atoms with E-state index in [2.05, 4.69) is 0 Å². The lowest BCUT2D eigenvalue weighted by molar-refractivity contribution is 0.0998. The predicted octanol–water partition coefficient (Wildman–Crippen LogP) is 2.18. The number of primary amides is 1. The number of aliphatic hydroxyl groups is 1. The number of aliphatic hydroxyl groups excluding tert-OH is 1. The molecule has 0 spiro atoms. The van der Waals surface area contributed by atoms with Crippen LogP contribution < -0.4 is 10.5 Å². The molecule has 2 aromatic carbocycles. The van der Waals surface area contributed by atoms with Gasteiger partial charge >= 0.3 is 0 Å². The van der Waals surface area contributed by atoms with Crippen LogP contribution in [0.15, 0.2) is 42.5 Å². The summed E-state index contributed by atoms with van der Waals surface area (Å²) in [6.45, 7) is -0.210. The van der Waals surface area contributed by atoms with Gasteiger partial charge in [-0.2, -0.15) is 0 Å². The van der Waals surface area contributed by atoms with Gasteiger partial charge in [0.2, 0.25) is 5.91 Å². The van der Waals surface area contributed by atoms with Gasteiger partial charge in [0.25, 0.3) is 0 Å². The molecule has 2 rings (SSSR count). The van der Waals surface area contributed by atoms with E-state index in [1.165, 1.54) is 24.3 Å². The van der Waals surface area contributed by atoms with Crippen LogP contribution >= 0.6 is 0 Å². The summed E-state index contributed by atoms with van der Waals surface area (Å²) >= 11 is 0. The summed E-state index contributed by atoms with van der Waals surface area (Å²) < 4.78 is 31.5. The van der Waals surface area contributed by atoms with E-state index in [1.54, 1.807) is 0 Å². The molecule has 0 heterocycles. The van der Waals surface area contributed by atoms with Crippen LogP contribution in [0.3, 0.4) is 0 Å². The summed E-state index contributed by atoms with van der Waals surface area (Å²) in [5, 5.41) is 9.83. The van der Waals surface area contributed by atoms with Crippen molar-refractivity contribution >= 4 is 5.91 Å². The molecule has 21 heavy (non-hydrogen) atoms. The highest BCUT2D eigenvalue weighted by Gasteiger charge is 2.14. The monoisotopic (exact) mass is 293 g/mol. The van der Waals surface area contributed by atoms with Gasteiger partial charge in [0.15, 0.2) is 0 Å². The zero-order valence-corrected chi connectivity index (χ0v) is 10.9. The number of benzene rings is 2. The minimum Gasteiger partial charge on any atom is -0.491 e. The number of nitrogens with two attached hydrogens (primary N) is 1. The number of ether oxygens (including phenoxy) is 1. The van der Waals surface area contributed by atoms with E-state index in [-0.39, 0.29) is 12.2 Å². The summed E-state index contributed by atoms with van der Waals surface area (Å²) in [5.74, 6) is -1.72. The van der Waals surface area contributed by atoms with Gasteiger partial charge in [0.1, 0.15) is 30.1 Å². The van der Waals surface area contributed by atoms with Crippen molar-refractivity contribution in [3.8, 4) is 5.75 Å². The maximum absolute atomic E-state index is 13.5. The number of carbonyl (C=O) groups excluding carboxylic acids is 1. The molecule has 110 valence electrons. The van der Waals surface area contributed by atoms with Gasteiger partial charge in [-0.25, -0.2) is 8.78 Å². The topological polar surface area (TPSA) is 72.6 Å². The Kier molecular flexibility index (Phi) is 4.49. The maximum Gasteiger partial charge on any atom is 0.248 e. The lowest BCUT2D eigenvalue weighted by Gasteiger charge is -2.13. The van der Waals surface area contributed by atoms with Crippen molar-refractivity contribution in [1.82, 2.24) is 0 Å². The normalized spacial score (nSPS) is 12.0. The lowest BCUT2D eigenvalue weighted by Crippen LogP contribution is -2.12. The molecule has 0 aliphatic carbocycles. The van der Waals surface area contributed by atoms with Crippen molar-refractivity contribution in [2.45, 2.75) is 6.10 Å². The van der Waals surface area contributed by atoms with Gasteiger partial charge in [-0.05, 0) is 30.3 Å². The molecule has 1 unspecified atom stereocenters. The molecule has 0 aliphatic heterocycles. The second-order valence-corrected chi connectivity index (χ2v) is 4.38. The summed E-state index contributed by atoms with van der Waals surface area (Å²) in [7, 11) is 0. The first-order valence-corrected chi connectivity index (χ1v) is 6.13. The minimum atomic E-state index is -1.23. The van der Waals surface area contributed by atoms with Gasteiger partial charge in [-0.15, -0.1) is 0 Å². The van der Waals surface area contributed by atoms with Gasteiger partial charge in [-0.1, -0.05) is 6.07 Å². The number of hydrogen-bond donors (Lipinski definition) is 2. The largest absolute Gasteiger partial charge is 0.491 e. The molecule has 0 bridgehead atoms. The Hall–Kier alpha value is -2.47. The van der Waals surface area contributed by atoms with Crippen LogP contribution in [-0.2, 0) is 0 Å². The molecule has 0 saturated carbocycles. The van der Waals surface area contributed by atoms with E-state index in [0.29, 0.717) is 17.4 Å². The molecule has 0 aromatic heterocycles. The Labute approximate surface area is 119 Å². The molecule has 0 radical (unpaired) electrons. The zero-order chi connectivity index (χ0) is 15.4. The average Bonchev–Trinajstić information content (AvgIpc) is 2.45. The fraction of sp³-hybridized carbons (Fsp3) is 0.133. The van der Waals surface area contributed by atoms with Crippen molar-refractivity contribution in [3.63, 3.8) is 0 Å². The Morgan fingerprint density at radius 3 is 2.43 bits per heavy atom. The van der Waals surface area contributed by atoms with Crippen molar-refractivity contribution in [3.05, 3.63) is 65.2 Å². The predicted molar refractivity (Wildman–Crippen MR) is 71.8 cm³/mol. The van der Waals surface area contributed by atoms with Crippen molar-refractivity contribution in [2.24, 2.45) is 5.73 Å². The molecular formula is C15H13F2NO3. The van der Waals surface area contributed by atoms with Crippen LogP contribution in [0.1, 0.15) is 22.0 Å². The second kappa shape index (κ2) is 6.32. The van der Waals surface area contributed by atoms with E-state index < -0.39 is 23.6 Å². The summed E-state index contributed by atoms with van der Waals surface area (Å²) in [6, 6.07) is 8.88. The first kappa shape index (κ1) is 14.9. The summed E-state index contributed by atoms with van der Waals surface area (Å²) in [4.78, 5) is 10.9.